The van der Waals surface area contributed by atoms with Crippen LogP contribution in [0.25, 0.3) is 0 Å². The third-order valence-electron chi connectivity index (χ3n) is 2.40. The van der Waals surface area contributed by atoms with Gasteiger partial charge < -0.3 is 10.1 Å². The first-order valence-corrected chi connectivity index (χ1v) is 8.17. The molecule has 0 aliphatic carbocycles. The maximum atomic E-state index is 12.2. The van der Waals surface area contributed by atoms with E-state index in [1.165, 1.54) is 21.1 Å². The second kappa shape index (κ2) is 7.43. The van der Waals surface area contributed by atoms with Gasteiger partial charge in [0.05, 0.1) is 7.11 Å². The molecule has 1 rings (SSSR count). The lowest BCUT2D eigenvalue weighted by Gasteiger charge is -2.14. The zero-order chi connectivity index (χ0) is 16.0. The minimum absolute atomic E-state index is 0.115. The zero-order valence-electron chi connectivity index (χ0n) is 11.8. The molecule has 0 spiro atoms. The predicted molar refractivity (Wildman–Crippen MR) is 75.3 cm³/mol. The minimum Gasteiger partial charge on any atom is -0.469 e. The second-order valence-electron chi connectivity index (χ2n) is 4.06. The smallest absolute Gasteiger partial charge is 0.305 e. The molecule has 21 heavy (non-hydrogen) atoms. The fourth-order valence-electron chi connectivity index (χ4n) is 1.32. The van der Waals surface area contributed by atoms with Crippen LogP contribution in [0.2, 0.25) is 0 Å². The van der Waals surface area contributed by atoms with Gasteiger partial charge >= 0.3 is 5.97 Å². The number of hydrogen-bond acceptors (Lipinski definition) is 8. The van der Waals surface area contributed by atoms with E-state index in [9.17, 15) is 18.0 Å². The molecule has 0 atom stereocenters. The topological polar surface area (TPSA) is 119 Å². The lowest BCUT2D eigenvalue weighted by atomic mass is 10.3. The summed E-state index contributed by atoms with van der Waals surface area (Å²) in [6.07, 6.45) is 0.462. The lowest BCUT2D eigenvalue weighted by molar-refractivity contribution is -0.140. The van der Waals surface area contributed by atoms with Crippen molar-refractivity contribution in [3.05, 3.63) is 0 Å². The third kappa shape index (κ3) is 5.02. The van der Waals surface area contributed by atoms with E-state index in [1.807, 2.05) is 0 Å². The maximum absolute atomic E-state index is 12.2. The quantitative estimate of drug-likeness (QED) is 0.553. The standard InChI is InChI=1S/C10H16N4O5S2/c1-7(15)11-9-12-13-10(20-9)21(17,18)14(2)6-4-5-8(16)19-3/h4-6H2,1-3H3,(H,11,12,15). The van der Waals surface area contributed by atoms with Crippen LogP contribution < -0.4 is 5.32 Å². The van der Waals surface area contributed by atoms with Gasteiger partial charge in [0.25, 0.3) is 10.0 Å². The molecule has 0 fully saturated rings. The molecule has 1 N–H and O–H groups in total. The Morgan fingerprint density at radius 2 is 2.05 bits per heavy atom. The van der Waals surface area contributed by atoms with Gasteiger partial charge in [-0.3, -0.25) is 9.59 Å². The number of carbonyl (C=O) groups is 2. The highest BCUT2D eigenvalue weighted by molar-refractivity contribution is 7.91. The van der Waals surface area contributed by atoms with Crippen molar-refractivity contribution < 1.29 is 22.7 Å². The average Bonchev–Trinajstić information content (AvgIpc) is 2.86. The van der Waals surface area contributed by atoms with Crippen molar-refractivity contribution in [3.63, 3.8) is 0 Å². The highest BCUT2D eigenvalue weighted by atomic mass is 32.2. The molecular formula is C10H16N4O5S2. The number of rotatable bonds is 7. The van der Waals surface area contributed by atoms with Gasteiger partial charge in [-0.05, 0) is 6.42 Å². The molecule has 9 nitrogen and oxygen atoms in total. The summed E-state index contributed by atoms with van der Waals surface area (Å²) >= 11 is 0.765. The molecule has 118 valence electrons. The fraction of sp³-hybridized carbons (Fsp3) is 0.600. The number of carbonyl (C=O) groups excluding carboxylic acids is 2. The van der Waals surface area contributed by atoms with Gasteiger partial charge in [-0.25, -0.2) is 8.42 Å². The number of methoxy groups -OCH3 is 1. The maximum Gasteiger partial charge on any atom is 0.305 e. The van der Waals surface area contributed by atoms with E-state index >= 15 is 0 Å². The molecule has 1 amide bonds. The zero-order valence-corrected chi connectivity index (χ0v) is 13.5. The number of sulfonamides is 1. The van der Waals surface area contributed by atoms with Crippen LogP contribution >= 0.6 is 11.3 Å². The van der Waals surface area contributed by atoms with Crippen LogP contribution in [0.15, 0.2) is 4.34 Å². The van der Waals surface area contributed by atoms with E-state index in [0.717, 1.165) is 15.6 Å². The highest BCUT2D eigenvalue weighted by Crippen LogP contribution is 2.22. The van der Waals surface area contributed by atoms with E-state index in [2.05, 4.69) is 20.3 Å². The van der Waals surface area contributed by atoms with Crippen molar-refractivity contribution in [3.8, 4) is 0 Å². The molecule has 0 aromatic carbocycles. The summed E-state index contributed by atoms with van der Waals surface area (Å²) in [5.74, 6) is -0.758. The van der Waals surface area contributed by atoms with E-state index < -0.39 is 16.0 Å². The van der Waals surface area contributed by atoms with Gasteiger partial charge in [0, 0.05) is 26.9 Å². The number of hydrogen-bond donors (Lipinski definition) is 1. The summed E-state index contributed by atoms with van der Waals surface area (Å²) in [6.45, 7) is 1.43. The molecule has 0 radical (unpaired) electrons. The van der Waals surface area contributed by atoms with Gasteiger partial charge in [-0.1, -0.05) is 11.3 Å². The largest absolute Gasteiger partial charge is 0.469 e. The molecule has 1 aromatic rings. The van der Waals surface area contributed by atoms with Crippen molar-refractivity contribution >= 4 is 38.4 Å². The fourth-order valence-corrected chi connectivity index (χ4v) is 3.66. The molecule has 11 heteroatoms. The summed E-state index contributed by atoms with van der Waals surface area (Å²) in [5.41, 5.74) is 0. The SMILES string of the molecule is COC(=O)CCCN(C)S(=O)(=O)c1nnc(NC(C)=O)s1. The number of anilines is 1. The molecule has 1 aromatic heterocycles. The Morgan fingerprint density at radius 1 is 1.38 bits per heavy atom. The first-order chi connectivity index (χ1) is 9.77. The molecule has 0 aliphatic rings. The summed E-state index contributed by atoms with van der Waals surface area (Å²) in [7, 11) is -1.13. The first-order valence-electron chi connectivity index (χ1n) is 5.91. The number of aromatic nitrogens is 2. The van der Waals surface area contributed by atoms with Crippen molar-refractivity contribution in [2.45, 2.75) is 24.1 Å². The van der Waals surface area contributed by atoms with Crippen molar-refractivity contribution in [2.75, 3.05) is 26.0 Å². The van der Waals surface area contributed by atoms with Crippen LogP contribution in [0.4, 0.5) is 5.13 Å². The van der Waals surface area contributed by atoms with Gasteiger partial charge in [0.15, 0.2) is 0 Å². The van der Waals surface area contributed by atoms with Crippen LogP contribution in [0.3, 0.4) is 0 Å². The Morgan fingerprint density at radius 3 is 2.62 bits per heavy atom. The van der Waals surface area contributed by atoms with Crippen molar-refractivity contribution in [1.82, 2.24) is 14.5 Å². The van der Waals surface area contributed by atoms with Crippen LogP contribution in [0.5, 0.6) is 0 Å². The van der Waals surface area contributed by atoms with Gasteiger partial charge in [0.1, 0.15) is 0 Å². The van der Waals surface area contributed by atoms with Crippen molar-refractivity contribution in [1.29, 1.82) is 0 Å². The van der Waals surface area contributed by atoms with Crippen LogP contribution in [-0.2, 0) is 24.3 Å². The summed E-state index contributed by atoms with van der Waals surface area (Å²) < 4.78 is 29.7. The average molecular weight is 336 g/mol. The van der Waals surface area contributed by atoms with E-state index in [1.54, 1.807) is 0 Å². The van der Waals surface area contributed by atoms with E-state index in [0.29, 0.717) is 6.42 Å². The monoisotopic (exact) mass is 336 g/mol. The summed E-state index contributed by atoms with van der Waals surface area (Å²) in [5, 5.41) is 9.62. The number of ether oxygens (including phenoxy) is 1. The molecular weight excluding hydrogens is 320 g/mol. The Hall–Kier alpha value is -1.59. The summed E-state index contributed by atoms with van der Waals surface area (Å²) in [6, 6.07) is 0. The van der Waals surface area contributed by atoms with Crippen LogP contribution in [0.1, 0.15) is 19.8 Å². The molecule has 1 heterocycles. The molecule has 0 saturated heterocycles. The van der Waals surface area contributed by atoms with Gasteiger partial charge in [0.2, 0.25) is 15.4 Å². The Bertz CT molecular complexity index is 613. The number of amides is 1. The normalized spacial score (nSPS) is 11.4. The number of nitrogens with one attached hydrogen (secondary N) is 1. The number of nitrogens with zero attached hydrogens (tertiary/aromatic N) is 3. The Kier molecular flexibility index (Phi) is 6.18. The Labute approximate surface area is 126 Å². The second-order valence-corrected chi connectivity index (χ2v) is 7.26. The molecule has 0 unspecified atom stereocenters. The third-order valence-corrected chi connectivity index (χ3v) is 5.44. The Balaban J connectivity index is 2.68. The first kappa shape index (κ1) is 17.5. The molecule has 0 saturated carbocycles. The number of esters is 1. The van der Waals surface area contributed by atoms with Gasteiger partial charge in [-0.15, -0.1) is 10.2 Å². The van der Waals surface area contributed by atoms with E-state index in [4.69, 9.17) is 0 Å². The lowest BCUT2D eigenvalue weighted by Crippen LogP contribution is -2.28. The van der Waals surface area contributed by atoms with Crippen molar-refractivity contribution in [2.24, 2.45) is 0 Å². The minimum atomic E-state index is -3.78. The molecule has 0 aliphatic heterocycles. The van der Waals surface area contributed by atoms with Crippen LogP contribution in [-0.4, -0.2) is 55.5 Å². The summed E-state index contributed by atoms with van der Waals surface area (Å²) in [4.78, 5) is 21.8. The molecule has 0 bridgehead atoms. The van der Waals surface area contributed by atoms with Gasteiger partial charge in [-0.2, -0.15) is 4.31 Å². The highest BCUT2D eigenvalue weighted by Gasteiger charge is 2.25. The van der Waals surface area contributed by atoms with Crippen LogP contribution in [0, 0.1) is 0 Å². The van der Waals surface area contributed by atoms with E-state index in [-0.39, 0.29) is 28.3 Å². The predicted octanol–water partition coefficient (Wildman–Crippen LogP) is 0.0702.